The molecule has 0 radical (unpaired) electrons. The Balaban J connectivity index is 0.00000441. The van der Waals surface area contributed by atoms with Crippen LogP contribution >= 0.6 is 0 Å². The standard InChI is InChI=1S/C9H2F9O3.K/c10-3-2(1-19)4(11)7(21-9(16,17)18)5(12)6(3)20-8(13,14)15;/h1H2;/q-1;+1. The molecule has 0 aliphatic rings. The Morgan fingerprint density at radius 1 is 0.727 bits per heavy atom. The van der Waals surface area contributed by atoms with Crippen molar-refractivity contribution >= 4 is 0 Å². The van der Waals surface area contributed by atoms with Crippen LogP contribution in [0.3, 0.4) is 0 Å². The molecule has 0 aliphatic heterocycles. The molecule has 13 heteroatoms. The van der Waals surface area contributed by atoms with Gasteiger partial charge in [-0.15, -0.1) is 32.9 Å². The fourth-order valence-corrected chi connectivity index (χ4v) is 1.20. The third-order valence-corrected chi connectivity index (χ3v) is 1.91. The molecule has 0 bridgehead atoms. The van der Waals surface area contributed by atoms with Crippen LogP contribution < -0.4 is 66.0 Å². The van der Waals surface area contributed by atoms with Crippen LogP contribution in [0.2, 0.25) is 0 Å². The molecule has 1 rings (SSSR count). The van der Waals surface area contributed by atoms with E-state index in [-0.39, 0.29) is 51.4 Å². The van der Waals surface area contributed by atoms with Crippen LogP contribution in [0, 0.1) is 17.5 Å². The number of alkyl halides is 6. The summed E-state index contributed by atoms with van der Waals surface area (Å²) < 4.78 is 117. The third kappa shape index (κ3) is 5.45. The van der Waals surface area contributed by atoms with E-state index in [1.54, 1.807) is 0 Å². The van der Waals surface area contributed by atoms with E-state index in [9.17, 15) is 44.6 Å². The summed E-state index contributed by atoms with van der Waals surface area (Å²) in [6, 6.07) is 0. The predicted molar refractivity (Wildman–Crippen MR) is 43.4 cm³/mol. The monoisotopic (exact) mass is 368 g/mol. The zero-order valence-electron chi connectivity index (χ0n) is 10.3. The molecule has 0 N–H and O–H groups in total. The van der Waals surface area contributed by atoms with E-state index in [0.717, 1.165) is 0 Å². The fraction of sp³-hybridized carbons (Fsp3) is 0.333. The van der Waals surface area contributed by atoms with E-state index in [4.69, 9.17) is 0 Å². The minimum Gasteiger partial charge on any atom is -0.851 e. The number of rotatable bonds is 3. The molecule has 0 heterocycles. The minimum atomic E-state index is -5.70. The summed E-state index contributed by atoms with van der Waals surface area (Å²) in [6.45, 7) is -1.92. The van der Waals surface area contributed by atoms with E-state index < -0.39 is 53.8 Å². The van der Waals surface area contributed by atoms with E-state index in [0.29, 0.717) is 0 Å². The van der Waals surface area contributed by atoms with Gasteiger partial charge in [0.2, 0.25) is 17.3 Å². The van der Waals surface area contributed by atoms with E-state index in [1.165, 1.54) is 0 Å². The van der Waals surface area contributed by atoms with Crippen LogP contribution in [0.15, 0.2) is 0 Å². The topological polar surface area (TPSA) is 41.5 Å². The van der Waals surface area contributed by atoms with Crippen molar-refractivity contribution in [2.75, 3.05) is 0 Å². The molecule has 22 heavy (non-hydrogen) atoms. The molecule has 1 aromatic carbocycles. The van der Waals surface area contributed by atoms with Crippen molar-refractivity contribution in [2.45, 2.75) is 19.3 Å². The van der Waals surface area contributed by atoms with Gasteiger partial charge in [0.25, 0.3) is 0 Å². The van der Waals surface area contributed by atoms with Gasteiger partial charge in [0.1, 0.15) is 0 Å². The summed E-state index contributed by atoms with van der Waals surface area (Å²) >= 11 is 0. The average molecular weight is 368 g/mol. The molecule has 0 spiro atoms. The molecular formula is C9H2F9KO3. The van der Waals surface area contributed by atoms with Crippen LogP contribution in [0.25, 0.3) is 0 Å². The average Bonchev–Trinajstić information content (AvgIpc) is 2.29. The van der Waals surface area contributed by atoms with Crippen LogP contribution in [0.1, 0.15) is 5.56 Å². The number of halogens is 9. The van der Waals surface area contributed by atoms with Crippen LogP contribution in [-0.2, 0) is 6.61 Å². The first-order chi connectivity index (χ1) is 9.37. The number of benzene rings is 1. The fourth-order valence-electron chi connectivity index (χ4n) is 1.20. The van der Waals surface area contributed by atoms with Gasteiger partial charge in [-0.2, -0.15) is 4.39 Å². The van der Waals surface area contributed by atoms with Gasteiger partial charge in [-0.1, -0.05) is 0 Å². The van der Waals surface area contributed by atoms with Crippen molar-refractivity contribution in [3.05, 3.63) is 23.0 Å². The summed E-state index contributed by atoms with van der Waals surface area (Å²) in [7, 11) is 0. The first-order valence-corrected chi connectivity index (χ1v) is 4.66. The largest absolute Gasteiger partial charge is 1.00 e. The third-order valence-electron chi connectivity index (χ3n) is 1.91. The van der Waals surface area contributed by atoms with Crippen LogP contribution in [0.4, 0.5) is 39.5 Å². The SMILES string of the molecule is [K+].[O-]Cc1c(F)c(OC(F)(F)F)c(F)c(OC(F)(F)F)c1F. The minimum absolute atomic E-state index is 0. The maximum atomic E-state index is 13.3. The number of hydrogen-bond acceptors (Lipinski definition) is 3. The Kier molecular flexibility index (Phi) is 7.50. The van der Waals surface area contributed by atoms with Crippen LogP contribution in [0.5, 0.6) is 11.5 Å². The molecule has 0 unspecified atom stereocenters. The maximum Gasteiger partial charge on any atom is 1.00 e. The molecule has 120 valence electrons. The summed E-state index contributed by atoms with van der Waals surface area (Å²) in [5.41, 5.74) is -1.80. The van der Waals surface area contributed by atoms with Gasteiger partial charge in [-0.3, -0.25) is 0 Å². The smallest absolute Gasteiger partial charge is 0.851 e. The molecule has 0 aliphatic carbocycles. The van der Waals surface area contributed by atoms with Crippen LogP contribution in [-0.4, -0.2) is 12.7 Å². The van der Waals surface area contributed by atoms with Crippen molar-refractivity contribution in [3.8, 4) is 11.5 Å². The Labute approximate surface area is 158 Å². The van der Waals surface area contributed by atoms with E-state index in [1.807, 2.05) is 0 Å². The van der Waals surface area contributed by atoms with Gasteiger partial charge in [0, 0.05) is 5.56 Å². The Morgan fingerprint density at radius 2 is 1.05 bits per heavy atom. The van der Waals surface area contributed by atoms with E-state index >= 15 is 0 Å². The summed E-state index contributed by atoms with van der Waals surface area (Å²) in [6.07, 6.45) is -11.4. The Hall–Kier alpha value is -0.214. The number of hydrogen-bond donors (Lipinski definition) is 0. The van der Waals surface area contributed by atoms with Gasteiger partial charge in [0.05, 0.1) is 0 Å². The molecule has 3 nitrogen and oxygen atoms in total. The van der Waals surface area contributed by atoms with Crippen molar-refractivity contribution in [1.29, 1.82) is 0 Å². The zero-order valence-corrected chi connectivity index (χ0v) is 13.5. The normalized spacial score (nSPS) is 11.9. The summed E-state index contributed by atoms with van der Waals surface area (Å²) in [5.74, 6) is -12.4. The van der Waals surface area contributed by atoms with Gasteiger partial charge in [0.15, 0.2) is 11.6 Å². The molecule has 0 amide bonds. The predicted octanol–water partition coefficient (Wildman–Crippen LogP) is -0.235. The maximum absolute atomic E-state index is 13.3. The molecule has 0 saturated heterocycles. The molecular weight excluding hydrogens is 366 g/mol. The second kappa shape index (κ2) is 7.57. The Bertz CT molecular complexity index is 498. The van der Waals surface area contributed by atoms with Crippen molar-refractivity contribution in [1.82, 2.24) is 0 Å². The summed E-state index contributed by atoms with van der Waals surface area (Å²) in [5, 5.41) is 10.4. The van der Waals surface area contributed by atoms with Gasteiger partial charge < -0.3 is 14.6 Å². The summed E-state index contributed by atoms with van der Waals surface area (Å²) in [4.78, 5) is 0. The van der Waals surface area contributed by atoms with E-state index in [2.05, 4.69) is 9.47 Å². The van der Waals surface area contributed by atoms with Crippen molar-refractivity contribution in [2.24, 2.45) is 0 Å². The van der Waals surface area contributed by atoms with Crippen molar-refractivity contribution < 1.29 is 105 Å². The first kappa shape index (κ1) is 21.8. The Morgan fingerprint density at radius 3 is 1.27 bits per heavy atom. The molecule has 0 fully saturated rings. The van der Waals surface area contributed by atoms with Crippen molar-refractivity contribution in [3.63, 3.8) is 0 Å². The molecule has 0 atom stereocenters. The second-order valence-electron chi connectivity index (χ2n) is 3.32. The second-order valence-corrected chi connectivity index (χ2v) is 3.32. The first-order valence-electron chi connectivity index (χ1n) is 4.66. The molecule has 1 aromatic rings. The van der Waals surface area contributed by atoms with Gasteiger partial charge in [-0.25, -0.2) is 8.78 Å². The number of ether oxygens (including phenoxy) is 2. The molecule has 0 aromatic heterocycles. The van der Waals surface area contributed by atoms with Gasteiger partial charge in [-0.05, 0) is 0 Å². The quantitative estimate of drug-likeness (QED) is 0.547. The molecule has 0 saturated carbocycles. The zero-order chi connectivity index (χ0) is 16.6. The van der Waals surface area contributed by atoms with Gasteiger partial charge >= 0.3 is 64.1 Å².